The average molecular weight is 333 g/mol. The van der Waals surface area contributed by atoms with Crippen molar-refractivity contribution in [3.05, 3.63) is 52.0 Å². The monoisotopic (exact) mass is 332 g/mol. The molecule has 1 aliphatic rings. The number of hydrogen-bond donors (Lipinski definition) is 0. The van der Waals surface area contributed by atoms with Gasteiger partial charge in [-0.15, -0.1) is 10.2 Å². The Morgan fingerprint density at radius 3 is 2.68 bits per heavy atom. The molecule has 0 saturated heterocycles. The molecule has 0 radical (unpaired) electrons. The van der Waals surface area contributed by atoms with Crippen LogP contribution in [0.5, 0.6) is 0 Å². The molecule has 1 saturated carbocycles. The lowest BCUT2D eigenvalue weighted by molar-refractivity contribution is 0.887. The van der Waals surface area contributed by atoms with Crippen molar-refractivity contribution < 1.29 is 0 Å². The lowest BCUT2D eigenvalue weighted by atomic mass is 10.3. The SMILES string of the molecule is O=c1c2nnc(SCC3CC3)n2ccn1-c1ccc(Cl)cc1. The van der Waals surface area contributed by atoms with E-state index in [-0.39, 0.29) is 5.56 Å². The highest BCUT2D eigenvalue weighted by Gasteiger charge is 2.22. The van der Waals surface area contributed by atoms with Gasteiger partial charge in [0.1, 0.15) is 0 Å². The first-order valence-corrected chi connectivity index (χ1v) is 8.44. The molecule has 2 aromatic heterocycles. The zero-order valence-electron chi connectivity index (χ0n) is 11.6. The van der Waals surface area contributed by atoms with Gasteiger partial charge in [-0.25, -0.2) is 0 Å². The Labute approximate surface area is 135 Å². The van der Waals surface area contributed by atoms with E-state index >= 15 is 0 Å². The van der Waals surface area contributed by atoms with E-state index in [1.807, 2.05) is 6.20 Å². The highest BCUT2D eigenvalue weighted by atomic mass is 35.5. The molecule has 0 bridgehead atoms. The van der Waals surface area contributed by atoms with Gasteiger partial charge in [-0.05, 0) is 43.0 Å². The van der Waals surface area contributed by atoms with E-state index in [4.69, 9.17) is 11.6 Å². The molecule has 5 nitrogen and oxygen atoms in total. The molecule has 1 aromatic carbocycles. The van der Waals surface area contributed by atoms with E-state index in [2.05, 4.69) is 10.2 Å². The molecule has 1 fully saturated rings. The highest BCUT2D eigenvalue weighted by molar-refractivity contribution is 7.99. The van der Waals surface area contributed by atoms with Gasteiger partial charge in [0.05, 0.1) is 0 Å². The number of hydrogen-bond acceptors (Lipinski definition) is 4. The van der Waals surface area contributed by atoms with Gasteiger partial charge in [0.15, 0.2) is 5.16 Å². The van der Waals surface area contributed by atoms with Crippen molar-refractivity contribution in [1.82, 2.24) is 19.2 Å². The second-order valence-corrected chi connectivity index (χ2v) is 6.80. The predicted octanol–water partition coefficient (Wildman–Crippen LogP) is 3.04. The molecule has 22 heavy (non-hydrogen) atoms. The third-order valence-electron chi connectivity index (χ3n) is 3.69. The molecule has 0 N–H and O–H groups in total. The standard InChI is InChI=1S/C15H13ClN4OS/c16-11-3-5-12(6-4-11)19-7-8-20-13(14(19)21)17-18-15(20)22-9-10-1-2-10/h3-8,10H,1-2,9H2. The largest absolute Gasteiger partial charge is 0.300 e. The van der Waals surface area contributed by atoms with E-state index in [9.17, 15) is 4.79 Å². The van der Waals surface area contributed by atoms with Crippen molar-refractivity contribution in [1.29, 1.82) is 0 Å². The predicted molar refractivity (Wildman–Crippen MR) is 87.0 cm³/mol. The van der Waals surface area contributed by atoms with Crippen LogP contribution in [0, 0.1) is 5.92 Å². The van der Waals surface area contributed by atoms with Gasteiger partial charge in [-0.1, -0.05) is 23.4 Å². The number of aromatic nitrogens is 4. The molecule has 4 rings (SSSR count). The van der Waals surface area contributed by atoms with Gasteiger partial charge < -0.3 is 0 Å². The minimum absolute atomic E-state index is 0.185. The summed E-state index contributed by atoms with van der Waals surface area (Å²) in [4.78, 5) is 12.6. The molecule has 112 valence electrons. The maximum Gasteiger partial charge on any atom is 0.300 e. The van der Waals surface area contributed by atoms with Crippen LogP contribution in [0.3, 0.4) is 0 Å². The molecule has 0 atom stereocenters. The maximum atomic E-state index is 12.6. The number of nitrogens with zero attached hydrogens (tertiary/aromatic N) is 4. The average Bonchev–Trinajstić information content (AvgIpc) is 3.26. The summed E-state index contributed by atoms with van der Waals surface area (Å²) < 4.78 is 3.32. The number of fused-ring (bicyclic) bond motifs is 1. The Morgan fingerprint density at radius 1 is 1.18 bits per heavy atom. The Bertz CT molecular complexity index is 883. The first-order chi connectivity index (χ1) is 10.7. The molecule has 0 aliphatic heterocycles. The number of thioether (sulfide) groups is 1. The quantitative estimate of drug-likeness (QED) is 0.689. The molecule has 7 heteroatoms. The molecule has 3 aromatic rings. The van der Waals surface area contributed by atoms with Crippen molar-refractivity contribution >= 4 is 29.0 Å². The number of rotatable bonds is 4. The second-order valence-electron chi connectivity index (χ2n) is 5.38. The first-order valence-electron chi connectivity index (χ1n) is 7.07. The van der Waals surface area contributed by atoms with Crippen LogP contribution in [-0.4, -0.2) is 24.9 Å². The Balaban J connectivity index is 1.74. The summed E-state index contributed by atoms with van der Waals surface area (Å²) in [5, 5.41) is 9.62. The molecular formula is C15H13ClN4OS. The summed E-state index contributed by atoms with van der Waals surface area (Å²) in [6, 6.07) is 7.13. The van der Waals surface area contributed by atoms with Crippen molar-refractivity contribution in [2.75, 3.05) is 5.75 Å². The van der Waals surface area contributed by atoms with Gasteiger partial charge in [0.25, 0.3) is 0 Å². The summed E-state index contributed by atoms with van der Waals surface area (Å²) in [7, 11) is 0. The molecular weight excluding hydrogens is 320 g/mol. The van der Waals surface area contributed by atoms with Crippen LogP contribution >= 0.6 is 23.4 Å². The molecule has 1 aliphatic carbocycles. The fraction of sp³-hybridized carbons (Fsp3) is 0.267. The lowest BCUT2D eigenvalue weighted by Crippen LogP contribution is -2.20. The van der Waals surface area contributed by atoms with Crippen LogP contribution in [0.4, 0.5) is 0 Å². The highest BCUT2D eigenvalue weighted by Crippen LogP contribution is 2.34. The third kappa shape index (κ3) is 2.53. The van der Waals surface area contributed by atoms with Crippen LogP contribution in [0.25, 0.3) is 11.3 Å². The molecule has 0 unspecified atom stereocenters. The smallest absolute Gasteiger partial charge is 0.280 e. The zero-order valence-corrected chi connectivity index (χ0v) is 13.2. The number of benzene rings is 1. The summed E-state index contributed by atoms with van der Waals surface area (Å²) in [6.07, 6.45) is 6.17. The van der Waals surface area contributed by atoms with Crippen LogP contribution in [0.1, 0.15) is 12.8 Å². The van der Waals surface area contributed by atoms with Crippen LogP contribution < -0.4 is 5.56 Å². The summed E-state index contributed by atoms with van der Waals surface area (Å²) >= 11 is 7.55. The topological polar surface area (TPSA) is 52.2 Å². The molecule has 2 heterocycles. The van der Waals surface area contributed by atoms with Crippen LogP contribution in [0.2, 0.25) is 5.02 Å². The van der Waals surface area contributed by atoms with Crippen molar-refractivity contribution in [2.24, 2.45) is 5.92 Å². The molecule has 0 spiro atoms. The summed E-state index contributed by atoms with van der Waals surface area (Å²) in [5.74, 6) is 1.84. The fourth-order valence-electron chi connectivity index (χ4n) is 2.25. The summed E-state index contributed by atoms with van der Waals surface area (Å²) in [6.45, 7) is 0. The van der Waals surface area contributed by atoms with Crippen molar-refractivity contribution in [3.8, 4) is 5.69 Å². The Kier molecular flexibility index (Phi) is 3.43. The van der Waals surface area contributed by atoms with Gasteiger partial charge in [0.2, 0.25) is 5.65 Å². The van der Waals surface area contributed by atoms with Crippen LogP contribution in [0.15, 0.2) is 46.6 Å². The van der Waals surface area contributed by atoms with E-state index in [1.165, 1.54) is 12.8 Å². The minimum atomic E-state index is -0.185. The maximum absolute atomic E-state index is 12.6. The first kappa shape index (κ1) is 13.8. The minimum Gasteiger partial charge on any atom is -0.280 e. The van der Waals surface area contributed by atoms with E-state index < -0.39 is 0 Å². The van der Waals surface area contributed by atoms with Crippen LogP contribution in [-0.2, 0) is 0 Å². The zero-order chi connectivity index (χ0) is 15.1. The van der Waals surface area contributed by atoms with Crippen molar-refractivity contribution in [2.45, 2.75) is 18.0 Å². The lowest BCUT2D eigenvalue weighted by Gasteiger charge is -2.06. The van der Waals surface area contributed by atoms with Gasteiger partial charge >= 0.3 is 5.56 Å². The fourth-order valence-corrected chi connectivity index (χ4v) is 3.48. The van der Waals surface area contributed by atoms with E-state index in [0.717, 1.165) is 22.5 Å². The van der Waals surface area contributed by atoms with Gasteiger partial charge in [-0.3, -0.25) is 13.8 Å². The van der Waals surface area contributed by atoms with Gasteiger partial charge in [0, 0.05) is 28.9 Å². The Morgan fingerprint density at radius 2 is 1.95 bits per heavy atom. The van der Waals surface area contributed by atoms with Gasteiger partial charge in [-0.2, -0.15) is 0 Å². The second kappa shape index (κ2) is 5.44. The third-order valence-corrected chi connectivity index (χ3v) is 5.12. The van der Waals surface area contributed by atoms with Crippen molar-refractivity contribution in [3.63, 3.8) is 0 Å². The van der Waals surface area contributed by atoms with E-state index in [1.54, 1.807) is 51.2 Å². The van der Waals surface area contributed by atoms with E-state index in [0.29, 0.717) is 10.7 Å². The summed E-state index contributed by atoms with van der Waals surface area (Å²) in [5.41, 5.74) is 0.915. The Hall–Kier alpha value is -1.79. The molecule has 0 amide bonds. The number of halogens is 1. The normalized spacial score (nSPS) is 14.6.